The SMILES string of the molecule is O=S(=O)(O)C(F)(F)C(F)(F)OC(F)(F)C(F)(F)F.[NaH]. The van der Waals surface area contributed by atoms with Crippen LogP contribution in [0.5, 0.6) is 0 Å². The van der Waals surface area contributed by atoms with Crippen LogP contribution in [0.1, 0.15) is 0 Å². The molecule has 0 saturated heterocycles. The summed E-state index contributed by atoms with van der Waals surface area (Å²) >= 11 is 0. The first-order chi connectivity index (χ1) is 7.46. The molecule has 0 aromatic heterocycles. The van der Waals surface area contributed by atoms with Gasteiger partial charge in [0.25, 0.3) is 0 Å². The number of hydrogen-bond acceptors (Lipinski definition) is 3. The summed E-state index contributed by atoms with van der Waals surface area (Å²) < 4.78 is 135. The van der Waals surface area contributed by atoms with Gasteiger partial charge in [0.2, 0.25) is 0 Å². The third-order valence-electron chi connectivity index (χ3n) is 1.25. The van der Waals surface area contributed by atoms with E-state index in [1.54, 1.807) is 0 Å². The molecule has 0 rings (SSSR count). The molecule has 1 N–H and O–H groups in total. The maximum absolute atomic E-state index is 12.2. The van der Waals surface area contributed by atoms with Gasteiger partial charge in [0.1, 0.15) is 0 Å². The molecule has 0 unspecified atom stereocenters. The fourth-order valence-electron chi connectivity index (χ4n) is 0.428. The minimum absolute atomic E-state index is 0. The van der Waals surface area contributed by atoms with Crippen LogP contribution in [0, 0.1) is 0 Å². The maximum atomic E-state index is 12.2. The van der Waals surface area contributed by atoms with Crippen LogP contribution in [0.15, 0.2) is 0 Å². The molecule has 0 amide bonds. The van der Waals surface area contributed by atoms with Gasteiger partial charge < -0.3 is 0 Å². The van der Waals surface area contributed by atoms with Crippen molar-refractivity contribution in [3.63, 3.8) is 0 Å². The van der Waals surface area contributed by atoms with Crippen molar-refractivity contribution in [1.29, 1.82) is 0 Å². The Balaban J connectivity index is 0. The second kappa shape index (κ2) is 5.55. The van der Waals surface area contributed by atoms with Gasteiger partial charge in [-0.2, -0.15) is 47.9 Å². The van der Waals surface area contributed by atoms with E-state index in [9.17, 15) is 47.9 Å². The first kappa shape index (κ1) is 21.5. The molecular weight excluding hydrogens is 338 g/mol. The fourth-order valence-corrected chi connectivity index (χ4v) is 0.770. The zero-order chi connectivity index (χ0) is 15.2. The summed E-state index contributed by atoms with van der Waals surface area (Å²) in [5.41, 5.74) is 0. The molecule has 0 aromatic rings. The molecule has 0 aliphatic carbocycles. The van der Waals surface area contributed by atoms with Crippen LogP contribution in [0.2, 0.25) is 0 Å². The molecule has 19 heavy (non-hydrogen) atoms. The third-order valence-corrected chi connectivity index (χ3v) is 2.13. The van der Waals surface area contributed by atoms with Gasteiger partial charge in [-0.1, -0.05) is 0 Å². The quantitative estimate of drug-likeness (QED) is 0.480. The minimum atomic E-state index is -6.99. The topological polar surface area (TPSA) is 63.6 Å². The van der Waals surface area contributed by atoms with Gasteiger partial charge in [0, 0.05) is 0 Å². The van der Waals surface area contributed by atoms with E-state index in [1.165, 1.54) is 4.74 Å². The van der Waals surface area contributed by atoms with Crippen molar-refractivity contribution in [3.05, 3.63) is 0 Å². The van der Waals surface area contributed by atoms with Gasteiger partial charge in [0.05, 0.1) is 0 Å². The predicted octanol–water partition coefficient (Wildman–Crippen LogP) is 1.58. The van der Waals surface area contributed by atoms with E-state index in [2.05, 4.69) is 0 Å². The van der Waals surface area contributed by atoms with E-state index >= 15 is 0 Å². The average Bonchev–Trinajstić information content (AvgIpc) is 1.96. The van der Waals surface area contributed by atoms with Crippen molar-refractivity contribution in [2.45, 2.75) is 23.6 Å². The molecule has 0 fully saturated rings. The zero-order valence-corrected chi connectivity index (χ0v) is 8.30. The monoisotopic (exact) mass is 340 g/mol. The summed E-state index contributed by atoms with van der Waals surface area (Å²) in [6.45, 7) is 0. The third kappa shape index (κ3) is 4.35. The van der Waals surface area contributed by atoms with Crippen LogP contribution in [-0.2, 0) is 14.9 Å². The fraction of sp³-hybridized carbons (Fsp3) is 1.00. The Morgan fingerprint density at radius 3 is 1.32 bits per heavy atom. The van der Waals surface area contributed by atoms with Crippen LogP contribution in [0.25, 0.3) is 0 Å². The van der Waals surface area contributed by atoms with Crippen molar-refractivity contribution in [1.82, 2.24) is 0 Å². The Kier molecular flexibility index (Phi) is 6.30. The molecule has 15 heteroatoms. The van der Waals surface area contributed by atoms with Crippen LogP contribution in [-0.4, -0.2) is 66.2 Å². The standard InChI is InChI=1S/C4HF9O4S.Na.H/c5-1(6,7)2(8,9)17-3(10,11)4(12,13)18(14,15)16;;/h(H,14,15,16);;. The predicted molar refractivity (Wildman–Crippen MR) is 40.7 cm³/mol. The van der Waals surface area contributed by atoms with Gasteiger partial charge >= 0.3 is 63.3 Å². The van der Waals surface area contributed by atoms with Crippen molar-refractivity contribution < 1.29 is 57.2 Å². The van der Waals surface area contributed by atoms with E-state index in [0.717, 1.165) is 0 Å². The number of alkyl halides is 9. The Morgan fingerprint density at radius 1 is 0.789 bits per heavy atom. The first-order valence-corrected chi connectivity index (χ1v) is 4.77. The molecule has 0 bridgehead atoms. The zero-order valence-electron chi connectivity index (χ0n) is 7.48. The van der Waals surface area contributed by atoms with E-state index in [0.29, 0.717) is 0 Å². The van der Waals surface area contributed by atoms with E-state index in [-0.39, 0.29) is 29.6 Å². The molecule has 0 saturated carbocycles. The van der Waals surface area contributed by atoms with Crippen LogP contribution < -0.4 is 0 Å². The number of rotatable bonds is 4. The summed E-state index contributed by atoms with van der Waals surface area (Å²) in [4.78, 5) is 0. The molecule has 112 valence electrons. The van der Waals surface area contributed by atoms with Gasteiger partial charge in [0.15, 0.2) is 0 Å². The van der Waals surface area contributed by atoms with Gasteiger partial charge in [-0.25, -0.2) is 4.74 Å². The van der Waals surface area contributed by atoms with E-state index in [4.69, 9.17) is 4.55 Å². The Hall–Kier alpha value is 0.240. The molecule has 0 radical (unpaired) electrons. The Labute approximate surface area is 120 Å². The summed E-state index contributed by atoms with van der Waals surface area (Å²) in [6, 6.07) is 0. The Bertz CT molecular complexity index is 414. The van der Waals surface area contributed by atoms with Gasteiger partial charge in [-0.3, -0.25) is 4.55 Å². The second-order valence-corrected chi connectivity index (χ2v) is 4.09. The molecule has 0 aliphatic rings. The molecule has 0 aromatic carbocycles. The molecule has 0 aliphatic heterocycles. The van der Waals surface area contributed by atoms with Crippen LogP contribution in [0.4, 0.5) is 39.5 Å². The molecule has 0 spiro atoms. The first-order valence-electron chi connectivity index (χ1n) is 3.33. The average molecular weight is 340 g/mol. The number of hydrogen-bond donors (Lipinski definition) is 1. The van der Waals surface area contributed by atoms with Crippen molar-refractivity contribution in [2.75, 3.05) is 0 Å². The normalized spacial score (nSPS) is 15.1. The Morgan fingerprint density at radius 2 is 1.11 bits per heavy atom. The van der Waals surface area contributed by atoms with Crippen molar-refractivity contribution in [2.24, 2.45) is 0 Å². The molecule has 0 heterocycles. The summed E-state index contributed by atoms with van der Waals surface area (Å²) in [5.74, 6) is 0. The summed E-state index contributed by atoms with van der Waals surface area (Å²) in [5, 5.41) is -6.70. The van der Waals surface area contributed by atoms with Gasteiger partial charge in [-0.05, 0) is 0 Å². The summed E-state index contributed by atoms with van der Waals surface area (Å²) in [6.07, 6.45) is -20.4. The number of halogens is 9. The van der Waals surface area contributed by atoms with Gasteiger partial charge in [-0.15, -0.1) is 0 Å². The van der Waals surface area contributed by atoms with Crippen molar-refractivity contribution >= 4 is 39.7 Å². The molecule has 4 nitrogen and oxygen atoms in total. The molecule has 0 atom stereocenters. The van der Waals surface area contributed by atoms with Crippen LogP contribution in [0.3, 0.4) is 0 Å². The van der Waals surface area contributed by atoms with E-state index in [1.807, 2.05) is 0 Å². The van der Waals surface area contributed by atoms with Crippen LogP contribution >= 0.6 is 0 Å². The van der Waals surface area contributed by atoms with Crippen molar-refractivity contribution in [3.8, 4) is 0 Å². The van der Waals surface area contributed by atoms with E-state index < -0.39 is 33.8 Å². The molecular formula is C4H2F9NaO4S. The number of ether oxygens (including phenoxy) is 1. The second-order valence-electron chi connectivity index (χ2n) is 2.63. The summed E-state index contributed by atoms with van der Waals surface area (Å²) in [7, 11) is -6.99.